The zero-order valence-corrected chi connectivity index (χ0v) is 8.09. The highest BCUT2D eigenvalue weighted by Crippen LogP contribution is 2.27. The summed E-state index contributed by atoms with van der Waals surface area (Å²) in [6.45, 7) is 0. The largest absolute Gasteiger partial charge is 0.381 e. The summed E-state index contributed by atoms with van der Waals surface area (Å²) in [5.41, 5.74) is 6.70. The number of nitrogens with one attached hydrogen (secondary N) is 1. The lowest BCUT2D eigenvalue weighted by atomic mass is 9.87. The van der Waals surface area contributed by atoms with E-state index in [4.69, 9.17) is 17.3 Å². The summed E-state index contributed by atoms with van der Waals surface area (Å²) < 4.78 is 0. The molecule has 70 valence electrons. The molecule has 2 rings (SSSR count). The maximum absolute atomic E-state index is 5.99. The van der Waals surface area contributed by atoms with Gasteiger partial charge in [-0.25, -0.2) is 0 Å². The fourth-order valence-corrected chi connectivity index (χ4v) is 1.77. The van der Waals surface area contributed by atoms with Crippen LogP contribution in [0.25, 0.3) is 0 Å². The molecule has 1 aromatic rings. The minimum atomic E-state index is 0.375. The molecule has 0 aliphatic heterocycles. The Labute approximate surface area is 83.1 Å². The molecular formula is C10H13ClN2. The highest BCUT2D eigenvalue weighted by Gasteiger charge is 2.25. The van der Waals surface area contributed by atoms with Crippen LogP contribution >= 0.6 is 11.6 Å². The number of benzene rings is 1. The van der Waals surface area contributed by atoms with Crippen molar-refractivity contribution in [2.24, 2.45) is 5.73 Å². The average Bonchev–Trinajstić information content (AvgIpc) is 2.06. The molecular weight excluding hydrogens is 184 g/mol. The third-order valence-electron chi connectivity index (χ3n) is 2.41. The molecule has 0 amide bonds. The summed E-state index contributed by atoms with van der Waals surface area (Å²) in [5.74, 6) is 0. The summed E-state index contributed by atoms with van der Waals surface area (Å²) >= 11 is 5.99. The number of para-hydroxylation sites is 1. The van der Waals surface area contributed by atoms with Gasteiger partial charge in [0.25, 0.3) is 0 Å². The van der Waals surface area contributed by atoms with E-state index in [9.17, 15) is 0 Å². The van der Waals surface area contributed by atoms with Gasteiger partial charge in [0.05, 0.1) is 10.7 Å². The lowest BCUT2D eigenvalue weighted by molar-refractivity contribution is 0.374. The number of nitrogens with two attached hydrogens (primary N) is 1. The van der Waals surface area contributed by atoms with Crippen molar-refractivity contribution in [3.63, 3.8) is 0 Å². The van der Waals surface area contributed by atoms with Gasteiger partial charge in [-0.15, -0.1) is 0 Å². The van der Waals surface area contributed by atoms with Gasteiger partial charge in [0, 0.05) is 12.1 Å². The standard InChI is InChI=1S/C10H13ClN2/c11-9-3-1-2-4-10(9)13-8-5-7(12)6-8/h1-4,7-8,13H,5-6,12H2. The second-order valence-electron chi connectivity index (χ2n) is 3.55. The molecule has 1 saturated carbocycles. The molecule has 0 saturated heterocycles. The second-order valence-corrected chi connectivity index (χ2v) is 3.96. The first-order valence-electron chi connectivity index (χ1n) is 4.52. The molecule has 0 bridgehead atoms. The highest BCUT2D eigenvalue weighted by atomic mass is 35.5. The first-order chi connectivity index (χ1) is 6.25. The minimum absolute atomic E-state index is 0.375. The second kappa shape index (κ2) is 3.56. The molecule has 0 spiro atoms. The Morgan fingerprint density at radius 1 is 1.31 bits per heavy atom. The molecule has 3 heteroatoms. The number of anilines is 1. The van der Waals surface area contributed by atoms with Gasteiger partial charge in [0.15, 0.2) is 0 Å². The molecule has 0 radical (unpaired) electrons. The van der Waals surface area contributed by atoms with E-state index in [0.29, 0.717) is 12.1 Å². The van der Waals surface area contributed by atoms with Crippen molar-refractivity contribution in [2.45, 2.75) is 24.9 Å². The van der Waals surface area contributed by atoms with E-state index in [1.54, 1.807) is 0 Å². The molecule has 3 N–H and O–H groups in total. The Bertz CT molecular complexity index is 295. The van der Waals surface area contributed by atoms with Crippen molar-refractivity contribution in [3.8, 4) is 0 Å². The lowest BCUT2D eigenvalue weighted by Crippen LogP contribution is -2.44. The molecule has 1 aliphatic carbocycles. The van der Waals surface area contributed by atoms with Crippen LogP contribution < -0.4 is 11.1 Å². The Morgan fingerprint density at radius 2 is 2.00 bits per heavy atom. The van der Waals surface area contributed by atoms with Gasteiger partial charge < -0.3 is 11.1 Å². The SMILES string of the molecule is NC1CC(Nc2ccccc2Cl)C1. The van der Waals surface area contributed by atoms with E-state index in [0.717, 1.165) is 23.6 Å². The van der Waals surface area contributed by atoms with Crippen LogP contribution in [0, 0.1) is 0 Å². The zero-order valence-electron chi connectivity index (χ0n) is 7.33. The van der Waals surface area contributed by atoms with Gasteiger partial charge in [-0.1, -0.05) is 23.7 Å². The highest BCUT2D eigenvalue weighted by molar-refractivity contribution is 6.33. The number of hydrogen-bond acceptors (Lipinski definition) is 2. The molecule has 1 aliphatic rings. The predicted octanol–water partition coefficient (Wildman–Crippen LogP) is 2.24. The molecule has 1 fully saturated rings. The van der Waals surface area contributed by atoms with Gasteiger partial charge in [0.1, 0.15) is 0 Å². The fourth-order valence-electron chi connectivity index (χ4n) is 1.58. The Kier molecular flexibility index (Phi) is 2.42. The topological polar surface area (TPSA) is 38.0 Å². The average molecular weight is 197 g/mol. The Morgan fingerprint density at radius 3 is 2.62 bits per heavy atom. The third kappa shape index (κ3) is 1.95. The maximum Gasteiger partial charge on any atom is 0.0637 e. The number of hydrogen-bond donors (Lipinski definition) is 2. The fraction of sp³-hybridized carbons (Fsp3) is 0.400. The van der Waals surface area contributed by atoms with Crippen LogP contribution in [0.5, 0.6) is 0 Å². The predicted molar refractivity (Wildman–Crippen MR) is 56.1 cm³/mol. The first-order valence-corrected chi connectivity index (χ1v) is 4.90. The first kappa shape index (κ1) is 8.85. The van der Waals surface area contributed by atoms with E-state index in [1.165, 1.54) is 0 Å². The van der Waals surface area contributed by atoms with E-state index < -0.39 is 0 Å². The van der Waals surface area contributed by atoms with Gasteiger partial charge in [-0.2, -0.15) is 0 Å². The van der Waals surface area contributed by atoms with Crippen molar-refractivity contribution in [2.75, 3.05) is 5.32 Å². The van der Waals surface area contributed by atoms with Crippen LogP contribution in [0.1, 0.15) is 12.8 Å². The van der Waals surface area contributed by atoms with Crippen LogP contribution in [-0.4, -0.2) is 12.1 Å². The molecule has 0 atom stereocenters. The van der Waals surface area contributed by atoms with Crippen molar-refractivity contribution in [3.05, 3.63) is 29.3 Å². The summed E-state index contributed by atoms with van der Waals surface area (Å²) in [6, 6.07) is 8.68. The molecule has 0 aromatic heterocycles. The summed E-state index contributed by atoms with van der Waals surface area (Å²) in [7, 11) is 0. The van der Waals surface area contributed by atoms with E-state index in [1.807, 2.05) is 24.3 Å². The molecule has 0 heterocycles. The normalized spacial score (nSPS) is 26.6. The maximum atomic E-state index is 5.99. The lowest BCUT2D eigenvalue weighted by Gasteiger charge is -2.34. The van der Waals surface area contributed by atoms with Crippen LogP contribution in [0.2, 0.25) is 5.02 Å². The minimum Gasteiger partial charge on any atom is -0.381 e. The van der Waals surface area contributed by atoms with Gasteiger partial charge in [-0.3, -0.25) is 0 Å². The third-order valence-corrected chi connectivity index (χ3v) is 2.74. The van der Waals surface area contributed by atoms with E-state index >= 15 is 0 Å². The summed E-state index contributed by atoms with van der Waals surface area (Å²) in [4.78, 5) is 0. The van der Waals surface area contributed by atoms with Crippen molar-refractivity contribution in [1.29, 1.82) is 0 Å². The van der Waals surface area contributed by atoms with Crippen molar-refractivity contribution < 1.29 is 0 Å². The molecule has 2 nitrogen and oxygen atoms in total. The molecule has 13 heavy (non-hydrogen) atoms. The van der Waals surface area contributed by atoms with Gasteiger partial charge >= 0.3 is 0 Å². The summed E-state index contributed by atoms with van der Waals surface area (Å²) in [6.07, 6.45) is 2.09. The van der Waals surface area contributed by atoms with Crippen molar-refractivity contribution in [1.82, 2.24) is 0 Å². The van der Waals surface area contributed by atoms with Crippen LogP contribution in [0.4, 0.5) is 5.69 Å². The van der Waals surface area contributed by atoms with E-state index in [2.05, 4.69) is 5.32 Å². The van der Waals surface area contributed by atoms with E-state index in [-0.39, 0.29) is 0 Å². The smallest absolute Gasteiger partial charge is 0.0637 e. The molecule has 0 unspecified atom stereocenters. The van der Waals surface area contributed by atoms with Gasteiger partial charge in [0.2, 0.25) is 0 Å². The Balaban J connectivity index is 1.98. The van der Waals surface area contributed by atoms with Crippen LogP contribution in [0.3, 0.4) is 0 Å². The monoisotopic (exact) mass is 196 g/mol. The Hall–Kier alpha value is -0.730. The number of rotatable bonds is 2. The quantitative estimate of drug-likeness (QED) is 0.762. The van der Waals surface area contributed by atoms with Crippen molar-refractivity contribution >= 4 is 17.3 Å². The van der Waals surface area contributed by atoms with Crippen LogP contribution in [0.15, 0.2) is 24.3 Å². The summed E-state index contributed by atoms with van der Waals surface area (Å²) in [5, 5.41) is 4.15. The number of halogens is 1. The molecule has 1 aromatic carbocycles. The van der Waals surface area contributed by atoms with Crippen LogP contribution in [-0.2, 0) is 0 Å². The zero-order chi connectivity index (χ0) is 9.26. The van der Waals surface area contributed by atoms with Gasteiger partial charge in [-0.05, 0) is 25.0 Å².